The topological polar surface area (TPSA) is 32.9 Å². The number of carbonyl (C=O) groups is 1. The predicted octanol–water partition coefficient (Wildman–Crippen LogP) is 5.03. The van der Waals surface area contributed by atoms with Gasteiger partial charge in [-0.25, -0.2) is 0 Å². The Kier molecular flexibility index (Phi) is 3.22. The van der Waals surface area contributed by atoms with Crippen molar-refractivity contribution in [1.82, 2.24) is 4.98 Å². The number of benzene rings is 2. The molecular formula is C17H14BrNO. The lowest BCUT2D eigenvalue weighted by molar-refractivity contribution is 0.112. The number of aromatic nitrogens is 1. The lowest BCUT2D eigenvalue weighted by Crippen LogP contribution is -1.89. The van der Waals surface area contributed by atoms with Crippen molar-refractivity contribution in [3.8, 4) is 11.3 Å². The van der Waals surface area contributed by atoms with Crippen molar-refractivity contribution >= 4 is 33.1 Å². The Morgan fingerprint density at radius 3 is 2.65 bits per heavy atom. The molecule has 0 amide bonds. The Bertz CT molecular complexity index is 817. The number of hydrogen-bond donors (Lipinski definition) is 1. The fourth-order valence-corrected chi connectivity index (χ4v) is 2.89. The molecule has 0 spiro atoms. The molecule has 3 aromatic rings. The van der Waals surface area contributed by atoms with Gasteiger partial charge < -0.3 is 4.98 Å². The van der Waals surface area contributed by atoms with Crippen molar-refractivity contribution < 1.29 is 4.79 Å². The molecule has 2 nitrogen and oxygen atoms in total. The van der Waals surface area contributed by atoms with E-state index < -0.39 is 0 Å². The Balaban J connectivity index is 2.36. The Morgan fingerprint density at radius 1 is 1.10 bits per heavy atom. The smallest absolute Gasteiger partial charge is 0.152 e. The van der Waals surface area contributed by atoms with E-state index in [1.54, 1.807) is 0 Å². The van der Waals surface area contributed by atoms with Gasteiger partial charge in [0, 0.05) is 26.5 Å². The summed E-state index contributed by atoms with van der Waals surface area (Å²) in [5.74, 6) is 0. The average Bonchev–Trinajstić information content (AvgIpc) is 2.79. The highest BCUT2D eigenvalue weighted by molar-refractivity contribution is 9.10. The largest absolute Gasteiger partial charge is 0.354 e. The zero-order valence-electron chi connectivity index (χ0n) is 11.3. The molecule has 0 saturated heterocycles. The van der Waals surface area contributed by atoms with Crippen LogP contribution in [-0.4, -0.2) is 11.3 Å². The van der Waals surface area contributed by atoms with Gasteiger partial charge in [-0.2, -0.15) is 0 Å². The van der Waals surface area contributed by atoms with Crippen LogP contribution in [0.2, 0.25) is 0 Å². The zero-order valence-corrected chi connectivity index (χ0v) is 12.9. The summed E-state index contributed by atoms with van der Waals surface area (Å²) in [5.41, 5.74) is 6.02. The SMILES string of the molecule is Cc1ccc(C)c(-c2[nH]c3ccc(Br)cc3c2C=O)c1. The summed E-state index contributed by atoms with van der Waals surface area (Å²) in [5, 5.41) is 0.949. The number of carbonyl (C=O) groups excluding carboxylic acids is 1. The van der Waals surface area contributed by atoms with Crippen molar-refractivity contribution in [2.75, 3.05) is 0 Å². The second-order valence-corrected chi connectivity index (χ2v) is 5.96. The average molecular weight is 328 g/mol. The van der Waals surface area contributed by atoms with Crippen molar-refractivity contribution in [2.45, 2.75) is 13.8 Å². The molecule has 20 heavy (non-hydrogen) atoms. The molecule has 3 rings (SSSR count). The van der Waals surface area contributed by atoms with Gasteiger partial charge >= 0.3 is 0 Å². The third-order valence-corrected chi connectivity index (χ3v) is 4.07. The minimum absolute atomic E-state index is 0.718. The lowest BCUT2D eigenvalue weighted by atomic mass is 10.00. The second kappa shape index (κ2) is 4.91. The van der Waals surface area contributed by atoms with Gasteiger partial charge in [-0.05, 0) is 43.7 Å². The normalized spacial score (nSPS) is 10.9. The van der Waals surface area contributed by atoms with Crippen LogP contribution in [0.3, 0.4) is 0 Å². The van der Waals surface area contributed by atoms with Crippen molar-refractivity contribution in [1.29, 1.82) is 0 Å². The third kappa shape index (κ3) is 2.08. The molecule has 0 saturated carbocycles. The van der Waals surface area contributed by atoms with Crippen LogP contribution >= 0.6 is 15.9 Å². The van der Waals surface area contributed by atoms with Crippen LogP contribution in [0.5, 0.6) is 0 Å². The van der Waals surface area contributed by atoms with E-state index in [0.29, 0.717) is 0 Å². The van der Waals surface area contributed by atoms with Crippen LogP contribution in [-0.2, 0) is 0 Å². The number of halogens is 1. The van der Waals surface area contributed by atoms with Gasteiger partial charge in [-0.3, -0.25) is 4.79 Å². The van der Waals surface area contributed by atoms with Crippen LogP contribution in [0.15, 0.2) is 40.9 Å². The van der Waals surface area contributed by atoms with Crippen LogP contribution < -0.4 is 0 Å². The highest BCUT2D eigenvalue weighted by Gasteiger charge is 2.14. The van der Waals surface area contributed by atoms with Crippen molar-refractivity contribution in [3.05, 3.63) is 57.6 Å². The second-order valence-electron chi connectivity index (χ2n) is 5.04. The first-order valence-corrected chi connectivity index (χ1v) is 7.23. The van der Waals surface area contributed by atoms with E-state index >= 15 is 0 Å². The first-order valence-electron chi connectivity index (χ1n) is 6.44. The summed E-state index contributed by atoms with van der Waals surface area (Å²) in [6.45, 7) is 4.12. The number of aldehydes is 1. The number of aromatic amines is 1. The molecule has 1 N–H and O–H groups in total. The number of aryl methyl sites for hydroxylation is 2. The van der Waals surface area contributed by atoms with E-state index in [1.807, 2.05) is 18.2 Å². The maximum absolute atomic E-state index is 11.5. The van der Waals surface area contributed by atoms with E-state index in [1.165, 1.54) is 5.56 Å². The molecule has 2 aromatic carbocycles. The molecule has 1 heterocycles. The number of hydrogen-bond acceptors (Lipinski definition) is 1. The van der Waals surface area contributed by atoms with Gasteiger partial charge in [-0.15, -0.1) is 0 Å². The highest BCUT2D eigenvalue weighted by atomic mass is 79.9. The van der Waals surface area contributed by atoms with Gasteiger partial charge in [-0.1, -0.05) is 33.6 Å². The van der Waals surface area contributed by atoms with Gasteiger partial charge in [0.15, 0.2) is 6.29 Å². The first kappa shape index (κ1) is 13.1. The Labute approximate surface area is 126 Å². The van der Waals surface area contributed by atoms with Crippen LogP contribution in [0.25, 0.3) is 22.2 Å². The van der Waals surface area contributed by atoms with Gasteiger partial charge in [0.1, 0.15) is 0 Å². The molecule has 1 aromatic heterocycles. The molecule has 0 radical (unpaired) electrons. The number of fused-ring (bicyclic) bond motifs is 1. The monoisotopic (exact) mass is 327 g/mol. The van der Waals surface area contributed by atoms with Gasteiger partial charge in [0.05, 0.1) is 5.69 Å². The fourth-order valence-electron chi connectivity index (χ4n) is 2.52. The van der Waals surface area contributed by atoms with Crippen molar-refractivity contribution in [3.63, 3.8) is 0 Å². The number of H-pyrrole nitrogens is 1. The van der Waals surface area contributed by atoms with E-state index in [9.17, 15) is 4.79 Å². The molecule has 0 atom stereocenters. The van der Waals surface area contributed by atoms with Crippen molar-refractivity contribution in [2.24, 2.45) is 0 Å². The molecule has 0 bridgehead atoms. The number of nitrogens with one attached hydrogen (secondary N) is 1. The van der Waals surface area contributed by atoms with Gasteiger partial charge in [0.2, 0.25) is 0 Å². The molecular weight excluding hydrogens is 314 g/mol. The summed E-state index contributed by atoms with van der Waals surface area (Å²) >= 11 is 3.46. The minimum Gasteiger partial charge on any atom is -0.354 e. The van der Waals surface area contributed by atoms with E-state index in [-0.39, 0.29) is 0 Å². The molecule has 100 valence electrons. The maximum atomic E-state index is 11.5. The standard InChI is InChI=1S/C17H14BrNO/c1-10-3-4-11(2)13(7-10)17-15(9-20)14-8-12(18)5-6-16(14)19-17/h3-9,19H,1-2H3. The van der Waals surface area contributed by atoms with Crippen LogP contribution in [0.4, 0.5) is 0 Å². The minimum atomic E-state index is 0.718. The predicted molar refractivity (Wildman–Crippen MR) is 86.3 cm³/mol. The van der Waals surface area contributed by atoms with Gasteiger partial charge in [0.25, 0.3) is 0 Å². The Hall–Kier alpha value is -1.87. The van der Waals surface area contributed by atoms with E-state index in [4.69, 9.17) is 0 Å². The number of rotatable bonds is 2. The highest BCUT2D eigenvalue weighted by Crippen LogP contribution is 2.32. The third-order valence-electron chi connectivity index (χ3n) is 3.58. The maximum Gasteiger partial charge on any atom is 0.152 e. The molecule has 0 aliphatic heterocycles. The van der Waals surface area contributed by atoms with E-state index in [0.717, 1.165) is 44.0 Å². The lowest BCUT2D eigenvalue weighted by Gasteiger charge is -2.06. The summed E-state index contributed by atoms with van der Waals surface area (Å²) in [4.78, 5) is 14.9. The van der Waals surface area contributed by atoms with E-state index in [2.05, 4.69) is 53.0 Å². The van der Waals surface area contributed by atoms with Crippen LogP contribution in [0.1, 0.15) is 21.5 Å². The molecule has 0 aliphatic rings. The summed E-state index contributed by atoms with van der Waals surface area (Å²) in [7, 11) is 0. The first-order chi connectivity index (χ1) is 9.60. The molecule has 0 unspecified atom stereocenters. The Morgan fingerprint density at radius 2 is 1.90 bits per heavy atom. The zero-order chi connectivity index (χ0) is 14.3. The van der Waals surface area contributed by atoms with Crippen LogP contribution in [0, 0.1) is 13.8 Å². The molecule has 3 heteroatoms. The summed E-state index contributed by atoms with van der Waals surface area (Å²) in [6.07, 6.45) is 0.933. The quantitative estimate of drug-likeness (QED) is 0.658. The summed E-state index contributed by atoms with van der Waals surface area (Å²) < 4.78 is 0.972. The molecule has 0 fully saturated rings. The summed E-state index contributed by atoms with van der Waals surface area (Å²) in [6, 6.07) is 12.2. The fraction of sp³-hybridized carbons (Fsp3) is 0.118. The molecule has 0 aliphatic carbocycles.